The Balaban J connectivity index is 1.66. The van der Waals surface area contributed by atoms with E-state index in [2.05, 4.69) is 10.3 Å². The maximum atomic E-state index is 13.4. The Bertz CT molecular complexity index is 1090. The van der Waals surface area contributed by atoms with Gasteiger partial charge in [0, 0.05) is 29.6 Å². The smallest absolute Gasteiger partial charge is 0.260 e. The number of pyridine rings is 1. The van der Waals surface area contributed by atoms with E-state index in [1.54, 1.807) is 0 Å². The highest BCUT2D eigenvalue weighted by atomic mass is 16.3. The molecular weight excluding hydrogens is 352 g/mol. The standard InChI is InChI=1S/C22H26N4O2/c1-22(28)10-8-15(9-11-22)26-19-18(16-4-2-3-5-17(16)20(26)27)13-24-21(25-19)23-12-14-6-7-14/h2-5,13-15,28H,6-12H2,1H3,(H,23,24,25)/t15-,22-. The molecule has 0 amide bonds. The van der Waals surface area contributed by atoms with Gasteiger partial charge in [-0.15, -0.1) is 0 Å². The number of nitrogens with zero attached hydrogens (tertiary/aromatic N) is 3. The molecule has 2 fully saturated rings. The van der Waals surface area contributed by atoms with E-state index in [1.807, 2.05) is 42.0 Å². The average molecular weight is 378 g/mol. The molecule has 0 saturated heterocycles. The predicted molar refractivity (Wildman–Crippen MR) is 111 cm³/mol. The third-order valence-electron chi connectivity index (χ3n) is 6.31. The van der Waals surface area contributed by atoms with Gasteiger partial charge in [0.1, 0.15) is 5.65 Å². The molecule has 2 N–H and O–H groups in total. The lowest BCUT2D eigenvalue weighted by Crippen LogP contribution is -2.35. The van der Waals surface area contributed by atoms with Crippen LogP contribution in [-0.2, 0) is 0 Å². The first-order chi connectivity index (χ1) is 13.5. The summed E-state index contributed by atoms with van der Waals surface area (Å²) >= 11 is 0. The molecular formula is C22H26N4O2. The molecule has 0 spiro atoms. The molecule has 6 heteroatoms. The second-order valence-corrected chi connectivity index (χ2v) is 8.70. The first-order valence-corrected chi connectivity index (χ1v) is 10.3. The fraction of sp³-hybridized carbons (Fsp3) is 0.500. The number of nitrogens with one attached hydrogen (secondary N) is 1. The molecule has 3 aromatic rings. The summed E-state index contributed by atoms with van der Waals surface area (Å²) in [5.41, 5.74) is 0.0589. The molecule has 2 aliphatic carbocycles. The highest BCUT2D eigenvalue weighted by molar-refractivity contribution is 6.04. The van der Waals surface area contributed by atoms with Gasteiger partial charge in [0.15, 0.2) is 0 Å². The summed E-state index contributed by atoms with van der Waals surface area (Å²) in [7, 11) is 0. The molecule has 0 atom stereocenters. The lowest BCUT2D eigenvalue weighted by molar-refractivity contribution is 0.0100. The van der Waals surface area contributed by atoms with Crippen LogP contribution in [0.2, 0.25) is 0 Å². The highest BCUT2D eigenvalue weighted by Crippen LogP contribution is 2.36. The summed E-state index contributed by atoms with van der Waals surface area (Å²) in [5.74, 6) is 1.31. The Morgan fingerprint density at radius 1 is 1.14 bits per heavy atom. The molecule has 2 aliphatic rings. The number of aromatic nitrogens is 3. The zero-order valence-corrected chi connectivity index (χ0v) is 16.2. The van der Waals surface area contributed by atoms with Crippen LogP contribution in [0.1, 0.15) is 51.5 Å². The van der Waals surface area contributed by atoms with Gasteiger partial charge in [-0.25, -0.2) is 4.98 Å². The number of anilines is 1. The molecule has 2 saturated carbocycles. The lowest BCUT2D eigenvalue weighted by atomic mass is 9.83. The van der Waals surface area contributed by atoms with E-state index in [9.17, 15) is 9.90 Å². The number of benzene rings is 1. The van der Waals surface area contributed by atoms with Gasteiger partial charge in [-0.1, -0.05) is 18.2 Å². The minimum atomic E-state index is -0.640. The number of fused-ring (bicyclic) bond motifs is 3. The van der Waals surface area contributed by atoms with Gasteiger partial charge in [0.25, 0.3) is 5.56 Å². The van der Waals surface area contributed by atoms with Crippen molar-refractivity contribution in [3.05, 3.63) is 40.8 Å². The second kappa shape index (κ2) is 6.55. The van der Waals surface area contributed by atoms with E-state index in [1.165, 1.54) is 12.8 Å². The Kier molecular flexibility index (Phi) is 4.12. The van der Waals surface area contributed by atoms with Crippen LogP contribution >= 0.6 is 0 Å². The zero-order chi connectivity index (χ0) is 19.3. The molecule has 2 aromatic heterocycles. The Labute approximate surface area is 163 Å². The zero-order valence-electron chi connectivity index (χ0n) is 16.2. The number of aliphatic hydroxyl groups is 1. The van der Waals surface area contributed by atoms with E-state index in [0.717, 1.165) is 36.1 Å². The fourth-order valence-corrected chi connectivity index (χ4v) is 4.34. The molecule has 5 rings (SSSR count). The lowest BCUT2D eigenvalue weighted by Gasteiger charge is -2.34. The summed E-state index contributed by atoms with van der Waals surface area (Å²) in [5, 5.41) is 16.2. The summed E-state index contributed by atoms with van der Waals surface area (Å²) in [6.45, 7) is 2.77. The van der Waals surface area contributed by atoms with E-state index >= 15 is 0 Å². The minimum Gasteiger partial charge on any atom is -0.390 e. The molecule has 146 valence electrons. The van der Waals surface area contributed by atoms with Crippen molar-refractivity contribution in [2.45, 2.75) is 57.1 Å². The predicted octanol–water partition coefficient (Wildman–Crippen LogP) is 3.63. The second-order valence-electron chi connectivity index (χ2n) is 8.70. The maximum Gasteiger partial charge on any atom is 0.260 e. The summed E-state index contributed by atoms with van der Waals surface area (Å²) in [6, 6.07) is 7.74. The largest absolute Gasteiger partial charge is 0.390 e. The van der Waals surface area contributed by atoms with Crippen molar-refractivity contribution in [1.29, 1.82) is 0 Å². The van der Waals surface area contributed by atoms with Gasteiger partial charge >= 0.3 is 0 Å². The van der Waals surface area contributed by atoms with Crippen molar-refractivity contribution in [3.63, 3.8) is 0 Å². The Morgan fingerprint density at radius 3 is 2.57 bits per heavy atom. The van der Waals surface area contributed by atoms with E-state index < -0.39 is 5.60 Å². The van der Waals surface area contributed by atoms with Crippen molar-refractivity contribution < 1.29 is 5.11 Å². The number of hydrogen-bond donors (Lipinski definition) is 2. The molecule has 0 bridgehead atoms. The SMILES string of the molecule is C[C@]1(O)CC[C@H](n2c(=O)c3ccccc3c3cnc(NCC4CC4)nc32)CC1. The normalized spacial score (nSPS) is 25.3. The monoisotopic (exact) mass is 378 g/mol. The molecule has 0 radical (unpaired) electrons. The van der Waals surface area contributed by atoms with Crippen molar-refractivity contribution in [2.75, 3.05) is 11.9 Å². The topological polar surface area (TPSA) is 80.0 Å². The van der Waals surface area contributed by atoms with Crippen molar-refractivity contribution in [1.82, 2.24) is 14.5 Å². The highest BCUT2D eigenvalue weighted by Gasteiger charge is 2.31. The number of hydrogen-bond acceptors (Lipinski definition) is 5. The fourth-order valence-electron chi connectivity index (χ4n) is 4.34. The first-order valence-electron chi connectivity index (χ1n) is 10.3. The first kappa shape index (κ1) is 17.6. The molecule has 28 heavy (non-hydrogen) atoms. The molecule has 0 unspecified atom stereocenters. The van der Waals surface area contributed by atoms with Crippen molar-refractivity contribution in [2.24, 2.45) is 5.92 Å². The van der Waals surface area contributed by atoms with Gasteiger partial charge < -0.3 is 10.4 Å². The van der Waals surface area contributed by atoms with Crippen LogP contribution in [0.4, 0.5) is 5.95 Å². The molecule has 1 aromatic carbocycles. The van der Waals surface area contributed by atoms with Gasteiger partial charge in [-0.2, -0.15) is 4.98 Å². The van der Waals surface area contributed by atoms with Gasteiger partial charge in [0.2, 0.25) is 5.95 Å². The van der Waals surface area contributed by atoms with Crippen molar-refractivity contribution in [3.8, 4) is 0 Å². The third-order valence-corrected chi connectivity index (χ3v) is 6.31. The van der Waals surface area contributed by atoms with Gasteiger partial charge in [0.05, 0.1) is 5.60 Å². The molecule has 2 heterocycles. The Hall–Kier alpha value is -2.47. The van der Waals surface area contributed by atoms with Crippen LogP contribution in [0.5, 0.6) is 0 Å². The van der Waals surface area contributed by atoms with Crippen LogP contribution in [0.25, 0.3) is 21.8 Å². The molecule has 6 nitrogen and oxygen atoms in total. The van der Waals surface area contributed by atoms with E-state index in [0.29, 0.717) is 29.8 Å². The maximum absolute atomic E-state index is 13.4. The van der Waals surface area contributed by atoms with Gasteiger partial charge in [-0.3, -0.25) is 9.36 Å². The summed E-state index contributed by atoms with van der Waals surface area (Å²) < 4.78 is 1.86. The van der Waals surface area contributed by atoms with Crippen molar-refractivity contribution >= 4 is 27.8 Å². The summed E-state index contributed by atoms with van der Waals surface area (Å²) in [6.07, 6.45) is 7.29. The number of rotatable bonds is 4. The van der Waals surface area contributed by atoms with E-state index in [-0.39, 0.29) is 11.6 Å². The van der Waals surface area contributed by atoms with Gasteiger partial charge in [-0.05, 0) is 62.8 Å². The average Bonchev–Trinajstić information content (AvgIpc) is 3.52. The quantitative estimate of drug-likeness (QED) is 0.678. The van der Waals surface area contributed by atoms with Crippen LogP contribution in [0.3, 0.4) is 0 Å². The molecule has 0 aliphatic heterocycles. The third kappa shape index (κ3) is 3.15. The van der Waals surface area contributed by atoms with Crippen LogP contribution < -0.4 is 10.9 Å². The van der Waals surface area contributed by atoms with Crippen LogP contribution in [-0.4, -0.2) is 31.8 Å². The summed E-state index contributed by atoms with van der Waals surface area (Å²) in [4.78, 5) is 22.7. The van der Waals surface area contributed by atoms with E-state index in [4.69, 9.17) is 4.98 Å². The Morgan fingerprint density at radius 2 is 1.86 bits per heavy atom. The van der Waals surface area contributed by atoms with Crippen LogP contribution in [0.15, 0.2) is 35.3 Å². The van der Waals surface area contributed by atoms with Crippen LogP contribution in [0, 0.1) is 5.92 Å². The minimum absolute atomic E-state index is 0.00138.